The van der Waals surface area contributed by atoms with Crippen molar-refractivity contribution in [2.75, 3.05) is 0 Å². The molecule has 0 aromatic carbocycles. The predicted molar refractivity (Wildman–Crippen MR) is 37.3 cm³/mol. The molecule has 0 aliphatic rings. The van der Waals surface area contributed by atoms with Crippen LogP contribution < -0.4 is 5.73 Å². The Kier molecular flexibility index (Phi) is 5.28. The summed E-state index contributed by atoms with van der Waals surface area (Å²) >= 11 is 0. The third kappa shape index (κ3) is 5.02. The van der Waals surface area contributed by atoms with E-state index in [1.165, 1.54) is 6.20 Å². The van der Waals surface area contributed by atoms with Crippen molar-refractivity contribution in [3.05, 3.63) is 37.1 Å². The molecule has 0 radical (unpaired) electrons. The van der Waals surface area contributed by atoms with Crippen LogP contribution in [-0.4, -0.2) is 0 Å². The summed E-state index contributed by atoms with van der Waals surface area (Å²) in [6.45, 7) is 3.55. The first-order valence-corrected chi connectivity index (χ1v) is 2.56. The maximum Gasteiger partial charge on any atom is -0.00625 e. The fourth-order valence-corrected chi connectivity index (χ4v) is 0.318. The van der Waals surface area contributed by atoms with Crippen LogP contribution in [0.2, 0.25) is 0 Å². The van der Waals surface area contributed by atoms with Gasteiger partial charge in [0.15, 0.2) is 0 Å². The van der Waals surface area contributed by atoms with Gasteiger partial charge in [0.1, 0.15) is 0 Å². The van der Waals surface area contributed by atoms with E-state index in [1.54, 1.807) is 6.08 Å². The zero-order valence-electron chi connectivity index (χ0n) is 4.88. The van der Waals surface area contributed by atoms with Gasteiger partial charge in [-0.1, -0.05) is 18.2 Å². The number of rotatable bonds is 3. The molecule has 0 unspecified atom stereocenters. The third-order valence-electron chi connectivity index (χ3n) is 0.661. The monoisotopic (exact) mass is 109 g/mol. The first-order chi connectivity index (χ1) is 3.91. The van der Waals surface area contributed by atoms with Crippen LogP contribution in [0.5, 0.6) is 0 Å². The molecule has 0 amide bonds. The van der Waals surface area contributed by atoms with Gasteiger partial charge in [0.25, 0.3) is 0 Å². The van der Waals surface area contributed by atoms with Crippen LogP contribution in [0.25, 0.3) is 0 Å². The topological polar surface area (TPSA) is 26.0 Å². The average molecular weight is 109 g/mol. The summed E-state index contributed by atoms with van der Waals surface area (Å²) in [7, 11) is 0. The van der Waals surface area contributed by atoms with Crippen molar-refractivity contribution in [3.8, 4) is 0 Å². The third-order valence-corrected chi connectivity index (χ3v) is 0.661. The number of nitrogens with two attached hydrogens (primary N) is 1. The van der Waals surface area contributed by atoms with E-state index in [1.807, 2.05) is 18.2 Å². The van der Waals surface area contributed by atoms with Gasteiger partial charge in [0.05, 0.1) is 0 Å². The molecule has 0 spiro atoms. The molecular weight excluding hydrogens is 98.1 g/mol. The Morgan fingerprint density at radius 3 is 2.62 bits per heavy atom. The lowest BCUT2D eigenvalue weighted by Crippen LogP contribution is -1.71. The van der Waals surface area contributed by atoms with Gasteiger partial charge in [-0.25, -0.2) is 0 Å². The normalized spacial score (nSPS) is 11.0. The van der Waals surface area contributed by atoms with Gasteiger partial charge in [0, 0.05) is 0 Å². The second-order valence-electron chi connectivity index (χ2n) is 1.34. The molecule has 0 atom stereocenters. The van der Waals surface area contributed by atoms with E-state index >= 15 is 0 Å². The SMILES string of the molecule is C=CC/C=C\C=C/N. The molecule has 0 aromatic rings. The summed E-state index contributed by atoms with van der Waals surface area (Å²) in [6.07, 6.45) is 9.90. The van der Waals surface area contributed by atoms with Crippen LogP contribution in [0.15, 0.2) is 37.1 Å². The molecule has 2 N–H and O–H groups in total. The molecule has 0 fully saturated rings. The highest BCUT2D eigenvalue weighted by molar-refractivity contribution is 5.02. The standard InChI is InChI=1S/C7H11N/c1-2-3-4-5-6-7-8/h2,4-7H,1,3,8H2/b5-4-,7-6-. The number of hydrogen-bond donors (Lipinski definition) is 1. The maximum absolute atomic E-state index is 5.05. The van der Waals surface area contributed by atoms with E-state index < -0.39 is 0 Å². The second-order valence-corrected chi connectivity index (χ2v) is 1.34. The Morgan fingerprint density at radius 2 is 2.12 bits per heavy atom. The molecule has 0 rings (SSSR count). The van der Waals surface area contributed by atoms with E-state index in [2.05, 4.69) is 6.58 Å². The molecule has 0 aromatic heterocycles. The molecule has 44 valence electrons. The summed E-state index contributed by atoms with van der Waals surface area (Å²) in [4.78, 5) is 0. The second kappa shape index (κ2) is 6.02. The van der Waals surface area contributed by atoms with Crippen molar-refractivity contribution >= 4 is 0 Å². The lowest BCUT2D eigenvalue weighted by Gasteiger charge is -1.73. The zero-order chi connectivity index (χ0) is 6.24. The van der Waals surface area contributed by atoms with Crippen LogP contribution in [-0.2, 0) is 0 Å². The first kappa shape index (κ1) is 7.02. The van der Waals surface area contributed by atoms with Gasteiger partial charge in [0.2, 0.25) is 0 Å². The lowest BCUT2D eigenvalue weighted by atomic mass is 10.4. The summed E-state index contributed by atoms with van der Waals surface area (Å²) < 4.78 is 0. The average Bonchev–Trinajstić information content (AvgIpc) is 1.81. The van der Waals surface area contributed by atoms with Gasteiger partial charge >= 0.3 is 0 Å². The maximum atomic E-state index is 5.05. The number of allylic oxidation sites excluding steroid dienone is 4. The molecule has 0 aliphatic carbocycles. The molecule has 0 saturated heterocycles. The summed E-state index contributed by atoms with van der Waals surface area (Å²) in [5, 5.41) is 0. The largest absolute Gasteiger partial charge is 0.405 e. The van der Waals surface area contributed by atoms with Crippen LogP contribution in [0.1, 0.15) is 6.42 Å². The fraction of sp³-hybridized carbons (Fsp3) is 0.143. The van der Waals surface area contributed by atoms with Gasteiger partial charge in [-0.15, -0.1) is 6.58 Å². The summed E-state index contributed by atoms with van der Waals surface area (Å²) in [5.41, 5.74) is 5.05. The minimum Gasteiger partial charge on any atom is -0.405 e. The molecule has 0 heterocycles. The Labute approximate surface area is 50.2 Å². The molecule has 0 bridgehead atoms. The fourth-order valence-electron chi connectivity index (χ4n) is 0.318. The highest BCUT2D eigenvalue weighted by Crippen LogP contribution is 1.81. The van der Waals surface area contributed by atoms with E-state index in [-0.39, 0.29) is 0 Å². The Balaban J connectivity index is 3.19. The van der Waals surface area contributed by atoms with Gasteiger partial charge in [-0.05, 0) is 18.7 Å². The summed E-state index contributed by atoms with van der Waals surface area (Å²) in [5.74, 6) is 0. The van der Waals surface area contributed by atoms with Crippen molar-refractivity contribution in [3.63, 3.8) is 0 Å². The van der Waals surface area contributed by atoms with Gasteiger partial charge in [-0.3, -0.25) is 0 Å². The molecule has 8 heavy (non-hydrogen) atoms. The zero-order valence-corrected chi connectivity index (χ0v) is 4.88. The van der Waals surface area contributed by atoms with E-state index in [4.69, 9.17) is 5.73 Å². The number of hydrogen-bond acceptors (Lipinski definition) is 1. The van der Waals surface area contributed by atoms with Crippen molar-refractivity contribution in [2.45, 2.75) is 6.42 Å². The van der Waals surface area contributed by atoms with Gasteiger partial charge in [-0.2, -0.15) is 0 Å². The van der Waals surface area contributed by atoms with E-state index in [0.717, 1.165) is 6.42 Å². The van der Waals surface area contributed by atoms with E-state index in [9.17, 15) is 0 Å². The smallest absolute Gasteiger partial charge is 0.00625 e. The molecule has 1 nitrogen and oxygen atoms in total. The van der Waals surface area contributed by atoms with Crippen molar-refractivity contribution in [1.82, 2.24) is 0 Å². The minimum absolute atomic E-state index is 0.907. The molecule has 0 saturated carbocycles. The predicted octanol–water partition coefficient (Wildman–Crippen LogP) is 1.59. The highest BCUT2D eigenvalue weighted by atomic mass is 14.5. The Morgan fingerprint density at radius 1 is 1.38 bits per heavy atom. The molecular formula is C7H11N. The molecule has 1 heteroatoms. The van der Waals surface area contributed by atoms with Crippen LogP contribution in [0.3, 0.4) is 0 Å². The van der Waals surface area contributed by atoms with Gasteiger partial charge < -0.3 is 5.73 Å². The molecule has 0 aliphatic heterocycles. The van der Waals surface area contributed by atoms with Crippen LogP contribution in [0.4, 0.5) is 0 Å². The van der Waals surface area contributed by atoms with Crippen LogP contribution >= 0.6 is 0 Å². The van der Waals surface area contributed by atoms with Crippen molar-refractivity contribution < 1.29 is 0 Å². The van der Waals surface area contributed by atoms with Crippen LogP contribution in [0, 0.1) is 0 Å². The van der Waals surface area contributed by atoms with E-state index in [0.29, 0.717) is 0 Å². The van der Waals surface area contributed by atoms with Crippen molar-refractivity contribution in [1.29, 1.82) is 0 Å². The Bertz CT molecular complexity index is 101. The Hall–Kier alpha value is -0.980. The lowest BCUT2D eigenvalue weighted by molar-refractivity contribution is 1.40. The first-order valence-electron chi connectivity index (χ1n) is 2.56. The summed E-state index contributed by atoms with van der Waals surface area (Å²) in [6, 6.07) is 0. The quantitative estimate of drug-likeness (QED) is 0.432. The highest BCUT2D eigenvalue weighted by Gasteiger charge is 1.61. The minimum atomic E-state index is 0.907. The van der Waals surface area contributed by atoms with Crippen molar-refractivity contribution in [2.24, 2.45) is 5.73 Å².